The molecule has 0 spiro atoms. The summed E-state index contributed by atoms with van der Waals surface area (Å²) < 4.78 is 2.23. The van der Waals surface area contributed by atoms with Crippen molar-refractivity contribution < 1.29 is 0 Å². The second-order valence-electron chi connectivity index (χ2n) is 7.15. The number of pyridine rings is 1. The first-order valence-electron chi connectivity index (χ1n) is 9.43. The molecule has 0 radical (unpaired) electrons. The highest BCUT2D eigenvalue weighted by atomic mass is 79.9. The van der Waals surface area contributed by atoms with Gasteiger partial charge in [0, 0.05) is 34.3 Å². The molecule has 3 aromatic heterocycles. The maximum atomic E-state index is 6.59. The highest BCUT2D eigenvalue weighted by Gasteiger charge is 2.27. The number of nitrogens with one attached hydrogen (secondary N) is 1. The molecule has 2 atom stereocenters. The van der Waals surface area contributed by atoms with Crippen LogP contribution in [0.15, 0.2) is 28.1 Å². The molecule has 1 aliphatic rings. The summed E-state index contributed by atoms with van der Waals surface area (Å²) in [4.78, 5) is 7.24. The van der Waals surface area contributed by atoms with Crippen LogP contribution in [0, 0.1) is 0 Å². The van der Waals surface area contributed by atoms with Gasteiger partial charge in [-0.3, -0.25) is 0 Å². The molecule has 0 aliphatic heterocycles. The molecular formula is C20H23BrClN3S2. The smallest absolute Gasteiger partial charge is 0.131 e. The number of hydrogen-bond acceptors (Lipinski definition) is 5. The van der Waals surface area contributed by atoms with E-state index in [-0.39, 0.29) is 6.04 Å². The second kappa shape index (κ2) is 8.78. The highest BCUT2D eigenvalue weighted by molar-refractivity contribution is 9.10. The van der Waals surface area contributed by atoms with Crippen molar-refractivity contribution in [3.8, 4) is 0 Å². The molecule has 7 heteroatoms. The molecule has 27 heavy (non-hydrogen) atoms. The van der Waals surface area contributed by atoms with Crippen molar-refractivity contribution in [1.29, 1.82) is 0 Å². The zero-order valence-corrected chi connectivity index (χ0v) is 19.0. The SMILES string of the molecule is N[C@@H]1CCCCCC[C@@H]1c1sc2c(NCc3cccs3)cc(Cl)nc2c1Br. The largest absolute Gasteiger partial charge is 0.379 e. The molecule has 0 amide bonds. The summed E-state index contributed by atoms with van der Waals surface area (Å²) in [6, 6.07) is 6.36. The molecule has 0 aromatic carbocycles. The van der Waals surface area contributed by atoms with E-state index in [4.69, 9.17) is 17.3 Å². The first kappa shape index (κ1) is 19.6. The van der Waals surface area contributed by atoms with Gasteiger partial charge in [0.25, 0.3) is 0 Å². The molecule has 0 unspecified atom stereocenters. The lowest BCUT2D eigenvalue weighted by Crippen LogP contribution is -2.29. The van der Waals surface area contributed by atoms with Gasteiger partial charge in [0.1, 0.15) is 5.15 Å². The Bertz CT molecular complexity index is 910. The number of fused-ring (bicyclic) bond motifs is 1. The van der Waals surface area contributed by atoms with E-state index in [9.17, 15) is 0 Å². The van der Waals surface area contributed by atoms with Gasteiger partial charge in [-0.25, -0.2) is 4.98 Å². The lowest BCUT2D eigenvalue weighted by atomic mass is 9.86. The van der Waals surface area contributed by atoms with Crippen molar-refractivity contribution >= 4 is 66.1 Å². The molecule has 3 nitrogen and oxygen atoms in total. The molecule has 4 rings (SSSR count). The van der Waals surface area contributed by atoms with Crippen LogP contribution in [0.4, 0.5) is 5.69 Å². The summed E-state index contributed by atoms with van der Waals surface area (Å²) in [7, 11) is 0. The van der Waals surface area contributed by atoms with Gasteiger partial charge in [0.05, 0.1) is 20.4 Å². The van der Waals surface area contributed by atoms with Gasteiger partial charge >= 0.3 is 0 Å². The van der Waals surface area contributed by atoms with E-state index in [1.807, 2.05) is 17.4 Å². The average Bonchev–Trinajstić information content (AvgIpc) is 3.26. The van der Waals surface area contributed by atoms with Crippen LogP contribution in [0.2, 0.25) is 5.15 Å². The van der Waals surface area contributed by atoms with Crippen LogP contribution in [-0.4, -0.2) is 11.0 Å². The van der Waals surface area contributed by atoms with E-state index >= 15 is 0 Å². The lowest BCUT2D eigenvalue weighted by Gasteiger charge is -2.25. The Balaban J connectivity index is 1.70. The highest BCUT2D eigenvalue weighted by Crippen LogP contribution is 2.46. The predicted molar refractivity (Wildman–Crippen MR) is 122 cm³/mol. The van der Waals surface area contributed by atoms with E-state index in [1.54, 1.807) is 11.3 Å². The summed E-state index contributed by atoms with van der Waals surface area (Å²) in [5.74, 6) is 0.391. The van der Waals surface area contributed by atoms with Gasteiger partial charge < -0.3 is 11.1 Å². The number of nitrogens with zero attached hydrogens (tertiary/aromatic N) is 1. The maximum Gasteiger partial charge on any atom is 0.131 e. The van der Waals surface area contributed by atoms with Crippen molar-refractivity contribution in [1.82, 2.24) is 4.98 Å². The number of thiophene rings is 2. The standard InChI is InChI=1S/C20H23BrClN3S2/c21-17-18-20(27-19(17)13-7-3-1-2-4-8-14(13)23)15(10-16(22)25-18)24-11-12-6-5-9-26-12/h5-6,9-10,13-14H,1-4,7-8,11,23H2,(H,24,25)/t13-,14+/m0/s1. The van der Waals surface area contributed by atoms with E-state index in [2.05, 4.69) is 43.7 Å². The molecule has 1 aliphatic carbocycles. The molecule has 0 saturated heterocycles. The molecule has 3 N–H and O–H groups in total. The van der Waals surface area contributed by atoms with E-state index < -0.39 is 0 Å². The van der Waals surface area contributed by atoms with Gasteiger partial charge in [-0.15, -0.1) is 22.7 Å². The van der Waals surface area contributed by atoms with Crippen LogP contribution in [0.5, 0.6) is 0 Å². The minimum absolute atomic E-state index is 0.215. The number of rotatable bonds is 4. The minimum Gasteiger partial charge on any atom is -0.379 e. The average molecular weight is 485 g/mol. The van der Waals surface area contributed by atoms with Crippen molar-refractivity contribution in [2.75, 3.05) is 5.32 Å². The summed E-state index contributed by atoms with van der Waals surface area (Å²) in [6.07, 6.45) is 7.35. The van der Waals surface area contributed by atoms with Crippen LogP contribution in [0.3, 0.4) is 0 Å². The quantitative estimate of drug-likeness (QED) is 0.386. The molecule has 0 bridgehead atoms. The molecule has 3 heterocycles. The lowest BCUT2D eigenvalue weighted by molar-refractivity contribution is 0.407. The second-order valence-corrected chi connectivity index (χ2v) is 10.4. The Morgan fingerprint density at radius 1 is 1.26 bits per heavy atom. The molecule has 1 fully saturated rings. The first-order valence-corrected chi connectivity index (χ1v) is 12.3. The topological polar surface area (TPSA) is 50.9 Å². The third kappa shape index (κ3) is 4.35. The maximum absolute atomic E-state index is 6.59. The Kier molecular flexibility index (Phi) is 6.39. The third-order valence-corrected chi connectivity index (χ3v) is 8.75. The Morgan fingerprint density at radius 3 is 2.85 bits per heavy atom. The van der Waals surface area contributed by atoms with Gasteiger partial charge in [-0.2, -0.15) is 0 Å². The fourth-order valence-electron chi connectivity index (χ4n) is 3.83. The van der Waals surface area contributed by atoms with Crippen molar-refractivity contribution in [3.05, 3.63) is 43.0 Å². The molecule has 144 valence electrons. The number of nitrogens with two attached hydrogens (primary N) is 1. The van der Waals surface area contributed by atoms with Crippen molar-refractivity contribution in [3.63, 3.8) is 0 Å². The normalized spacial score (nSPS) is 21.1. The van der Waals surface area contributed by atoms with Crippen molar-refractivity contribution in [2.45, 2.75) is 57.0 Å². The fraction of sp³-hybridized carbons (Fsp3) is 0.450. The minimum atomic E-state index is 0.215. The van der Waals surface area contributed by atoms with E-state index in [1.165, 1.54) is 35.4 Å². The van der Waals surface area contributed by atoms with E-state index in [0.717, 1.165) is 39.8 Å². The number of hydrogen-bond donors (Lipinski definition) is 2. The molecular weight excluding hydrogens is 462 g/mol. The number of anilines is 1. The predicted octanol–water partition coefficient (Wildman–Crippen LogP) is 7.15. The van der Waals surface area contributed by atoms with Gasteiger partial charge in [0.15, 0.2) is 0 Å². The summed E-state index contributed by atoms with van der Waals surface area (Å²) in [5, 5.41) is 6.17. The zero-order valence-electron chi connectivity index (χ0n) is 15.0. The number of aromatic nitrogens is 1. The van der Waals surface area contributed by atoms with Crippen LogP contribution < -0.4 is 11.1 Å². The first-order chi connectivity index (χ1) is 13.1. The summed E-state index contributed by atoms with van der Waals surface area (Å²) in [5.41, 5.74) is 8.59. The summed E-state index contributed by atoms with van der Waals surface area (Å²) in [6.45, 7) is 0.793. The van der Waals surface area contributed by atoms with Crippen LogP contribution >= 0.6 is 50.2 Å². The molecule has 3 aromatic rings. The Morgan fingerprint density at radius 2 is 2.07 bits per heavy atom. The van der Waals surface area contributed by atoms with Crippen LogP contribution in [-0.2, 0) is 6.54 Å². The van der Waals surface area contributed by atoms with Crippen LogP contribution in [0.25, 0.3) is 10.2 Å². The summed E-state index contributed by atoms with van der Waals surface area (Å²) >= 11 is 13.7. The van der Waals surface area contributed by atoms with Crippen molar-refractivity contribution in [2.24, 2.45) is 5.73 Å². The fourth-order valence-corrected chi connectivity index (χ4v) is 6.96. The Labute approximate surface area is 181 Å². The third-order valence-electron chi connectivity index (χ3n) is 5.27. The van der Waals surface area contributed by atoms with Gasteiger partial charge in [-0.05, 0) is 40.2 Å². The van der Waals surface area contributed by atoms with E-state index in [0.29, 0.717) is 11.1 Å². The Hall–Kier alpha value is -0.660. The monoisotopic (exact) mass is 483 g/mol. The van der Waals surface area contributed by atoms with Gasteiger partial charge in [0.2, 0.25) is 0 Å². The van der Waals surface area contributed by atoms with Crippen LogP contribution in [0.1, 0.15) is 54.2 Å². The zero-order chi connectivity index (χ0) is 18.8. The van der Waals surface area contributed by atoms with Gasteiger partial charge in [-0.1, -0.05) is 43.4 Å². The molecule has 1 saturated carbocycles. The number of halogens is 2.